The van der Waals surface area contributed by atoms with Crippen molar-refractivity contribution >= 4 is 40.1 Å². The molecule has 0 unspecified atom stereocenters. The molecule has 0 aliphatic rings. The van der Waals surface area contributed by atoms with Crippen LogP contribution < -0.4 is 15.6 Å². The largest absolute Gasteiger partial charge is 0.492 e. The van der Waals surface area contributed by atoms with Crippen LogP contribution in [0, 0.1) is 5.82 Å². The fourth-order valence-electron chi connectivity index (χ4n) is 2.97. The first kappa shape index (κ1) is 23.0. The highest BCUT2D eigenvalue weighted by Gasteiger charge is 2.18. The van der Waals surface area contributed by atoms with Crippen molar-refractivity contribution in [1.82, 2.24) is 19.9 Å². The van der Waals surface area contributed by atoms with Crippen LogP contribution in [0.5, 0.6) is 5.75 Å². The fraction of sp³-hybridized carbons (Fsp3) is 0.333. The predicted molar refractivity (Wildman–Crippen MR) is 118 cm³/mol. The maximum Gasteiger partial charge on any atom is 0.263 e. The Balaban J connectivity index is 2.16. The molecule has 0 bridgehead atoms. The Morgan fingerprint density at radius 1 is 1.29 bits per heavy atom. The summed E-state index contributed by atoms with van der Waals surface area (Å²) in [6.07, 6.45) is 2.08. The number of benzene rings is 1. The number of halogens is 3. The van der Waals surface area contributed by atoms with Crippen molar-refractivity contribution < 1.29 is 13.9 Å². The normalized spacial score (nSPS) is 11.2. The minimum absolute atomic E-state index is 0.0844. The van der Waals surface area contributed by atoms with Crippen LogP contribution in [0.1, 0.15) is 20.3 Å². The summed E-state index contributed by atoms with van der Waals surface area (Å²) in [5.74, 6) is -0.0623. The number of fused-ring (bicyclic) bond motifs is 1. The Hall–Kier alpha value is -2.71. The van der Waals surface area contributed by atoms with Crippen LogP contribution in [-0.2, 0) is 11.3 Å². The molecular formula is C21H21Cl2FN4O3. The summed E-state index contributed by atoms with van der Waals surface area (Å²) in [7, 11) is 0. The molecule has 2 heterocycles. The number of alkyl halides is 1. The van der Waals surface area contributed by atoms with Gasteiger partial charge in [-0.1, -0.05) is 11.6 Å². The number of amides is 1. The highest BCUT2D eigenvalue weighted by molar-refractivity contribution is 6.30. The predicted octanol–water partition coefficient (Wildman–Crippen LogP) is 3.78. The Bertz CT molecular complexity index is 1150. The highest BCUT2D eigenvalue weighted by atomic mass is 35.5. The van der Waals surface area contributed by atoms with Crippen molar-refractivity contribution in [3.8, 4) is 17.1 Å². The number of nitrogens with zero attached hydrogens (tertiary/aromatic N) is 3. The number of hydrogen-bond acceptors (Lipinski definition) is 5. The molecule has 3 rings (SSSR count). The maximum atomic E-state index is 14.0. The third kappa shape index (κ3) is 5.71. The molecule has 1 aromatic carbocycles. The first-order valence-electron chi connectivity index (χ1n) is 9.63. The van der Waals surface area contributed by atoms with Crippen LogP contribution in [0.25, 0.3) is 22.4 Å². The lowest BCUT2D eigenvalue weighted by atomic mass is 10.2. The van der Waals surface area contributed by atoms with E-state index < -0.39 is 11.4 Å². The summed E-state index contributed by atoms with van der Waals surface area (Å²) in [6, 6.07) is 5.21. The van der Waals surface area contributed by atoms with E-state index in [1.54, 1.807) is 13.8 Å². The number of hydrogen-bond donors (Lipinski definition) is 1. The molecule has 7 nitrogen and oxygen atoms in total. The van der Waals surface area contributed by atoms with Gasteiger partial charge in [0.05, 0.1) is 18.2 Å². The van der Waals surface area contributed by atoms with Gasteiger partial charge in [0.25, 0.3) is 5.56 Å². The van der Waals surface area contributed by atoms with Gasteiger partial charge in [0.15, 0.2) is 5.65 Å². The minimum atomic E-state index is -0.592. The Labute approximate surface area is 188 Å². The fourth-order valence-corrected chi connectivity index (χ4v) is 3.30. The van der Waals surface area contributed by atoms with Gasteiger partial charge in [0.1, 0.15) is 23.9 Å². The van der Waals surface area contributed by atoms with E-state index in [2.05, 4.69) is 15.3 Å². The van der Waals surface area contributed by atoms with E-state index in [0.717, 1.165) is 6.07 Å². The van der Waals surface area contributed by atoms with Crippen molar-refractivity contribution in [3.05, 3.63) is 51.7 Å². The van der Waals surface area contributed by atoms with E-state index in [-0.39, 0.29) is 45.9 Å². The summed E-state index contributed by atoms with van der Waals surface area (Å²) < 4.78 is 20.7. The molecule has 3 aromatic rings. The molecule has 0 spiro atoms. The Kier molecular flexibility index (Phi) is 7.46. The van der Waals surface area contributed by atoms with E-state index in [1.807, 2.05) is 0 Å². The van der Waals surface area contributed by atoms with E-state index in [4.69, 9.17) is 27.9 Å². The molecule has 1 amide bonds. The van der Waals surface area contributed by atoms with Gasteiger partial charge in [0.2, 0.25) is 5.91 Å². The van der Waals surface area contributed by atoms with E-state index in [1.165, 1.54) is 29.0 Å². The topological polar surface area (TPSA) is 86.1 Å². The van der Waals surface area contributed by atoms with Crippen LogP contribution in [-0.4, -0.2) is 39.0 Å². The van der Waals surface area contributed by atoms with Gasteiger partial charge in [-0.05, 0) is 44.5 Å². The van der Waals surface area contributed by atoms with Crippen molar-refractivity contribution in [2.75, 3.05) is 12.5 Å². The zero-order valence-corrected chi connectivity index (χ0v) is 18.5. The molecule has 1 N–H and O–H groups in total. The monoisotopic (exact) mass is 466 g/mol. The third-order valence-corrected chi connectivity index (χ3v) is 4.69. The summed E-state index contributed by atoms with van der Waals surface area (Å²) in [5.41, 5.74) is -0.106. The van der Waals surface area contributed by atoms with Crippen LogP contribution in [0.15, 0.2) is 35.3 Å². The minimum Gasteiger partial charge on any atom is -0.492 e. The van der Waals surface area contributed by atoms with Crippen LogP contribution in [0.3, 0.4) is 0 Å². The highest BCUT2D eigenvalue weighted by Crippen LogP contribution is 2.24. The van der Waals surface area contributed by atoms with Gasteiger partial charge in [-0.25, -0.2) is 14.4 Å². The van der Waals surface area contributed by atoms with Gasteiger partial charge in [0, 0.05) is 22.5 Å². The van der Waals surface area contributed by atoms with Gasteiger partial charge < -0.3 is 10.1 Å². The summed E-state index contributed by atoms with van der Waals surface area (Å²) in [5, 5.41) is 3.04. The van der Waals surface area contributed by atoms with Gasteiger partial charge in [-0.2, -0.15) is 0 Å². The second kappa shape index (κ2) is 10.1. The number of rotatable bonds is 8. The molecule has 0 atom stereocenters. The average molecular weight is 467 g/mol. The van der Waals surface area contributed by atoms with Gasteiger partial charge >= 0.3 is 0 Å². The van der Waals surface area contributed by atoms with E-state index in [9.17, 15) is 14.0 Å². The summed E-state index contributed by atoms with van der Waals surface area (Å²) in [6.45, 7) is 3.68. The van der Waals surface area contributed by atoms with Crippen molar-refractivity contribution in [2.45, 2.75) is 32.9 Å². The molecule has 0 aliphatic heterocycles. The van der Waals surface area contributed by atoms with Gasteiger partial charge in [-0.3, -0.25) is 14.2 Å². The number of aromatic nitrogens is 3. The van der Waals surface area contributed by atoms with Gasteiger partial charge in [-0.15, -0.1) is 11.6 Å². The molecule has 10 heteroatoms. The molecular weight excluding hydrogens is 446 g/mol. The Morgan fingerprint density at radius 2 is 2.06 bits per heavy atom. The third-order valence-electron chi connectivity index (χ3n) is 4.20. The second-order valence-corrected chi connectivity index (χ2v) is 7.95. The number of carbonyl (C=O) groups is 1. The lowest BCUT2D eigenvalue weighted by Gasteiger charge is -2.15. The molecule has 0 saturated carbocycles. The quantitative estimate of drug-likeness (QED) is 0.403. The number of carbonyl (C=O) groups excluding carboxylic acids is 1. The van der Waals surface area contributed by atoms with Crippen molar-refractivity contribution in [1.29, 1.82) is 0 Å². The molecule has 0 aliphatic carbocycles. The maximum absolute atomic E-state index is 14.0. The zero-order chi connectivity index (χ0) is 22.5. The number of nitrogens with one attached hydrogen (secondary N) is 1. The summed E-state index contributed by atoms with van der Waals surface area (Å²) >= 11 is 11.6. The first-order valence-corrected chi connectivity index (χ1v) is 10.5. The standard InChI is InChI=1S/C21H21Cl2FN4O3/c1-12(2)26-18(29)11-28-20(13-6-14(23)8-15(24)7-13)27-19-17(21(28)30)9-16(10-25-19)31-5-3-4-22/h6-10,12H,3-5,11H2,1-2H3,(H,26,29). The molecule has 2 aromatic heterocycles. The summed E-state index contributed by atoms with van der Waals surface area (Å²) in [4.78, 5) is 34.4. The van der Waals surface area contributed by atoms with Crippen LogP contribution in [0.2, 0.25) is 5.02 Å². The zero-order valence-electron chi connectivity index (χ0n) is 17.0. The Morgan fingerprint density at radius 3 is 2.74 bits per heavy atom. The SMILES string of the molecule is CC(C)NC(=O)Cn1c(-c2cc(F)cc(Cl)c2)nc2ncc(OCCCCl)cc2c1=O. The molecule has 0 saturated heterocycles. The van der Waals surface area contributed by atoms with E-state index >= 15 is 0 Å². The first-order chi connectivity index (χ1) is 14.8. The van der Waals surface area contributed by atoms with Crippen LogP contribution in [0.4, 0.5) is 4.39 Å². The second-order valence-electron chi connectivity index (χ2n) is 7.14. The average Bonchev–Trinajstić information content (AvgIpc) is 2.69. The number of pyridine rings is 1. The lowest BCUT2D eigenvalue weighted by Crippen LogP contribution is -2.37. The van der Waals surface area contributed by atoms with Crippen molar-refractivity contribution in [3.63, 3.8) is 0 Å². The van der Waals surface area contributed by atoms with Crippen molar-refractivity contribution in [2.24, 2.45) is 0 Å². The molecule has 0 fully saturated rings. The molecule has 0 radical (unpaired) electrons. The van der Waals surface area contributed by atoms with E-state index in [0.29, 0.717) is 24.7 Å². The molecule has 164 valence electrons. The number of ether oxygens (including phenoxy) is 1. The van der Waals surface area contributed by atoms with Crippen LogP contribution >= 0.6 is 23.2 Å². The molecule has 31 heavy (non-hydrogen) atoms. The smallest absolute Gasteiger partial charge is 0.263 e. The lowest BCUT2D eigenvalue weighted by molar-refractivity contribution is -0.122.